The van der Waals surface area contributed by atoms with E-state index >= 15 is 0 Å². The molecule has 0 saturated heterocycles. The summed E-state index contributed by atoms with van der Waals surface area (Å²) in [5, 5.41) is 21.2. The van der Waals surface area contributed by atoms with Crippen LogP contribution < -0.4 is 0 Å². The smallest absolute Gasteiger partial charge is 0.0594 e. The molecule has 2 fully saturated rings. The Balaban J connectivity index is 1.66. The Morgan fingerprint density at radius 2 is 1.69 bits per heavy atom. The van der Waals surface area contributed by atoms with E-state index in [-0.39, 0.29) is 22.3 Å². The first-order chi connectivity index (χ1) is 14.9. The minimum atomic E-state index is -0.158. The number of hydrogen-bond acceptors (Lipinski definition) is 2. The molecule has 2 heteroatoms. The second-order valence-electron chi connectivity index (χ2n) is 13.5. The summed E-state index contributed by atoms with van der Waals surface area (Å²) in [6.07, 6.45) is 14.1. The van der Waals surface area contributed by atoms with Gasteiger partial charge in [-0.1, -0.05) is 57.4 Å². The molecule has 7 atom stereocenters. The summed E-state index contributed by atoms with van der Waals surface area (Å²) < 4.78 is 0. The Labute approximate surface area is 198 Å². The molecule has 0 bridgehead atoms. The summed E-state index contributed by atoms with van der Waals surface area (Å²) in [5.74, 6) is 1.65. The van der Waals surface area contributed by atoms with Gasteiger partial charge >= 0.3 is 0 Å². The lowest BCUT2D eigenvalue weighted by Crippen LogP contribution is -2.55. The van der Waals surface area contributed by atoms with E-state index in [2.05, 4.69) is 54.5 Å². The summed E-state index contributed by atoms with van der Waals surface area (Å²) in [6.45, 7) is 17.1. The van der Waals surface area contributed by atoms with E-state index in [4.69, 9.17) is 0 Å². The minimum absolute atomic E-state index is 0.0122. The number of hydrogen-bond donors (Lipinski definition) is 2. The van der Waals surface area contributed by atoms with Crippen LogP contribution in [0, 0.1) is 39.4 Å². The van der Waals surface area contributed by atoms with E-state index < -0.39 is 0 Å². The van der Waals surface area contributed by atoms with Crippen molar-refractivity contribution in [2.75, 3.05) is 6.61 Å². The monoisotopic (exact) mass is 442 g/mol. The van der Waals surface area contributed by atoms with Crippen LogP contribution in [0.2, 0.25) is 0 Å². The second-order valence-corrected chi connectivity index (χ2v) is 13.5. The third kappa shape index (κ3) is 3.41. The highest BCUT2D eigenvalue weighted by Crippen LogP contribution is 2.72. The summed E-state index contributed by atoms with van der Waals surface area (Å²) >= 11 is 0. The van der Waals surface area contributed by atoms with Crippen LogP contribution in [0.5, 0.6) is 0 Å². The van der Waals surface area contributed by atoms with Gasteiger partial charge in [-0.25, -0.2) is 0 Å². The van der Waals surface area contributed by atoms with Crippen LogP contribution in [0.25, 0.3) is 0 Å². The van der Waals surface area contributed by atoms with E-state index in [0.717, 1.165) is 25.7 Å². The van der Waals surface area contributed by atoms with Gasteiger partial charge in [-0.15, -0.1) is 0 Å². The molecular weight excluding hydrogens is 392 g/mol. The third-order valence-corrected chi connectivity index (χ3v) is 11.7. The van der Waals surface area contributed by atoms with E-state index in [1.165, 1.54) is 44.1 Å². The van der Waals surface area contributed by atoms with E-state index in [1.54, 1.807) is 11.1 Å². The van der Waals surface area contributed by atoms with Crippen LogP contribution in [0.1, 0.15) is 113 Å². The quantitative estimate of drug-likeness (QED) is 0.434. The normalized spacial score (nSPS) is 43.8. The molecular formula is C30H50O2. The van der Waals surface area contributed by atoms with Crippen molar-refractivity contribution in [2.45, 2.75) is 119 Å². The lowest BCUT2D eigenvalue weighted by molar-refractivity contribution is -0.0966. The van der Waals surface area contributed by atoms with Gasteiger partial charge in [-0.05, 0) is 117 Å². The van der Waals surface area contributed by atoms with Crippen molar-refractivity contribution in [3.05, 3.63) is 22.8 Å². The Bertz CT molecular complexity index is 787. The molecule has 182 valence electrons. The molecule has 0 aliphatic heterocycles. The van der Waals surface area contributed by atoms with Crippen LogP contribution in [0.4, 0.5) is 0 Å². The van der Waals surface area contributed by atoms with Crippen molar-refractivity contribution in [3.63, 3.8) is 0 Å². The van der Waals surface area contributed by atoms with Crippen LogP contribution in [0.15, 0.2) is 22.8 Å². The van der Waals surface area contributed by atoms with Gasteiger partial charge in [0.25, 0.3) is 0 Å². The van der Waals surface area contributed by atoms with Crippen molar-refractivity contribution < 1.29 is 10.2 Å². The van der Waals surface area contributed by atoms with Crippen LogP contribution in [0.3, 0.4) is 0 Å². The molecule has 0 heterocycles. The molecule has 0 aromatic rings. The van der Waals surface area contributed by atoms with Gasteiger partial charge in [-0.3, -0.25) is 0 Å². The van der Waals surface area contributed by atoms with Crippen LogP contribution in [-0.2, 0) is 0 Å². The molecule has 2 nitrogen and oxygen atoms in total. The molecule has 0 aromatic heterocycles. The molecule has 2 saturated carbocycles. The first kappa shape index (κ1) is 24.5. The first-order valence-corrected chi connectivity index (χ1v) is 13.6. The Morgan fingerprint density at radius 1 is 0.969 bits per heavy atom. The summed E-state index contributed by atoms with van der Waals surface area (Å²) in [7, 11) is 0. The molecule has 4 aliphatic carbocycles. The lowest BCUT2D eigenvalue weighted by Gasteiger charge is -2.62. The molecule has 2 N–H and O–H groups in total. The Kier molecular flexibility index (Phi) is 6.33. The first-order valence-electron chi connectivity index (χ1n) is 13.6. The molecule has 0 spiro atoms. The van der Waals surface area contributed by atoms with Crippen molar-refractivity contribution in [1.82, 2.24) is 0 Å². The van der Waals surface area contributed by atoms with Gasteiger partial charge < -0.3 is 10.2 Å². The minimum Gasteiger partial charge on any atom is -0.396 e. The molecule has 0 radical (unpaired) electrons. The highest BCUT2D eigenvalue weighted by molar-refractivity contribution is 5.38. The Morgan fingerprint density at radius 3 is 2.34 bits per heavy atom. The lowest BCUT2D eigenvalue weighted by atomic mass is 9.43. The van der Waals surface area contributed by atoms with Crippen molar-refractivity contribution in [2.24, 2.45) is 39.4 Å². The van der Waals surface area contributed by atoms with Gasteiger partial charge in [0.1, 0.15) is 0 Å². The second kappa shape index (κ2) is 8.26. The number of allylic oxidation sites excluding steroid dienone is 4. The maximum Gasteiger partial charge on any atom is 0.0594 e. The molecule has 32 heavy (non-hydrogen) atoms. The standard InChI is InChI=1S/C30H50O2/c1-20(2)9-8-10-21(19-31)22-13-17-30(7)24-11-12-25-27(3,4)26(32)15-16-28(25,5)23(24)14-18-29(22,30)6/h9,21-22,25-26,31-32H,8,10-19H2,1-7H3/t21-,22+,25-,26+,28+,29+,30-/m0/s1. The zero-order valence-corrected chi connectivity index (χ0v) is 22.1. The van der Waals surface area contributed by atoms with Crippen molar-refractivity contribution >= 4 is 0 Å². The number of rotatable bonds is 5. The van der Waals surface area contributed by atoms with Crippen LogP contribution in [-0.4, -0.2) is 22.9 Å². The zero-order valence-electron chi connectivity index (χ0n) is 22.1. The zero-order chi connectivity index (χ0) is 23.5. The predicted molar refractivity (Wildman–Crippen MR) is 134 cm³/mol. The fourth-order valence-electron chi connectivity index (χ4n) is 9.48. The fraction of sp³-hybridized carbons (Fsp3) is 0.867. The summed E-state index contributed by atoms with van der Waals surface area (Å²) in [5.41, 5.74) is 5.85. The van der Waals surface area contributed by atoms with E-state index in [1.807, 2.05) is 0 Å². The SMILES string of the molecule is CC(C)=CCC[C@@H](CO)[C@H]1CC[C@@]2(C)C3=C(CC[C@]12C)[C@@]1(C)CC[C@@H](O)C(C)(C)[C@@H]1CC3. The third-order valence-electron chi connectivity index (χ3n) is 11.7. The van der Waals surface area contributed by atoms with E-state index in [9.17, 15) is 10.2 Å². The van der Waals surface area contributed by atoms with Crippen LogP contribution >= 0.6 is 0 Å². The average Bonchev–Trinajstić information content (AvgIpc) is 3.00. The van der Waals surface area contributed by atoms with Gasteiger partial charge in [0, 0.05) is 6.61 Å². The highest BCUT2D eigenvalue weighted by atomic mass is 16.3. The number of fused-ring (bicyclic) bond motifs is 4. The van der Waals surface area contributed by atoms with Gasteiger partial charge in [0.2, 0.25) is 0 Å². The van der Waals surface area contributed by atoms with Gasteiger partial charge in [0.15, 0.2) is 0 Å². The van der Waals surface area contributed by atoms with E-state index in [0.29, 0.717) is 29.8 Å². The van der Waals surface area contributed by atoms with Gasteiger partial charge in [0.05, 0.1) is 6.10 Å². The molecule has 4 aliphatic rings. The van der Waals surface area contributed by atoms with Crippen molar-refractivity contribution in [3.8, 4) is 0 Å². The summed E-state index contributed by atoms with van der Waals surface area (Å²) in [6, 6.07) is 0. The molecule has 0 unspecified atom stereocenters. The number of aliphatic hydroxyl groups excluding tert-OH is 2. The van der Waals surface area contributed by atoms with Crippen molar-refractivity contribution in [1.29, 1.82) is 0 Å². The molecule has 4 rings (SSSR count). The maximum absolute atomic E-state index is 10.8. The predicted octanol–water partition coefficient (Wildman–Crippen LogP) is 7.45. The number of aliphatic hydroxyl groups is 2. The topological polar surface area (TPSA) is 40.5 Å². The van der Waals surface area contributed by atoms with Gasteiger partial charge in [-0.2, -0.15) is 0 Å². The average molecular weight is 443 g/mol. The largest absolute Gasteiger partial charge is 0.396 e. The highest BCUT2D eigenvalue weighted by Gasteiger charge is 2.63. The maximum atomic E-state index is 10.8. The fourth-order valence-corrected chi connectivity index (χ4v) is 9.48. The molecule has 0 aromatic carbocycles. The molecule has 0 amide bonds. The Hall–Kier alpha value is -0.600. The summed E-state index contributed by atoms with van der Waals surface area (Å²) in [4.78, 5) is 0.